The molecule has 94 valence electrons. The highest BCUT2D eigenvalue weighted by molar-refractivity contribution is 5.59. The summed E-state index contributed by atoms with van der Waals surface area (Å²) in [5.41, 5.74) is 5.45. The van der Waals surface area contributed by atoms with Crippen LogP contribution in [0.15, 0.2) is 12.1 Å². The zero-order valence-electron chi connectivity index (χ0n) is 10.0. The monoisotopic (exact) mass is 239 g/mol. The molecule has 7 heteroatoms. The molecule has 3 N–H and O–H groups in total. The number of hydrogen-bond acceptors (Lipinski definition) is 6. The molecular weight excluding hydrogens is 222 g/mol. The molecule has 0 aromatic carbocycles. The van der Waals surface area contributed by atoms with E-state index in [2.05, 4.69) is 10.3 Å². The third-order valence-corrected chi connectivity index (χ3v) is 2.17. The van der Waals surface area contributed by atoms with Crippen LogP contribution in [-0.2, 0) is 0 Å². The molecule has 0 bridgehead atoms. The van der Waals surface area contributed by atoms with Crippen molar-refractivity contribution in [3.05, 3.63) is 22.2 Å². The summed E-state index contributed by atoms with van der Waals surface area (Å²) in [6.07, 6.45) is 0.876. The normalized spacial score (nSPS) is 10.5. The number of pyridine rings is 1. The van der Waals surface area contributed by atoms with Gasteiger partial charge in [0.2, 0.25) is 5.82 Å². The molecule has 0 fully saturated rings. The molecule has 0 unspecified atom stereocenters. The molecule has 17 heavy (non-hydrogen) atoms. The fourth-order valence-corrected chi connectivity index (χ4v) is 1.35. The first-order valence-corrected chi connectivity index (χ1v) is 5.30. The summed E-state index contributed by atoms with van der Waals surface area (Å²) in [4.78, 5) is 16.2. The molecule has 0 radical (unpaired) electrons. The van der Waals surface area contributed by atoms with E-state index in [0.29, 0.717) is 6.54 Å². The van der Waals surface area contributed by atoms with Crippen molar-refractivity contribution < 1.29 is 4.92 Å². The molecule has 1 aromatic rings. The molecule has 0 spiro atoms. The van der Waals surface area contributed by atoms with E-state index in [0.717, 1.165) is 13.0 Å². The van der Waals surface area contributed by atoms with Gasteiger partial charge in [-0.05, 0) is 33.1 Å². The van der Waals surface area contributed by atoms with Crippen LogP contribution < -0.4 is 11.1 Å². The van der Waals surface area contributed by atoms with Gasteiger partial charge in [-0.15, -0.1) is 0 Å². The Kier molecular flexibility index (Phi) is 4.65. The maximum atomic E-state index is 10.8. The maximum absolute atomic E-state index is 10.8. The van der Waals surface area contributed by atoms with Crippen molar-refractivity contribution in [1.29, 1.82) is 0 Å². The van der Waals surface area contributed by atoms with Gasteiger partial charge in [0.05, 0.1) is 4.92 Å². The summed E-state index contributed by atoms with van der Waals surface area (Å²) in [7, 11) is 3.95. The Labute approximate surface area is 99.8 Å². The van der Waals surface area contributed by atoms with Crippen molar-refractivity contribution in [3.8, 4) is 0 Å². The summed E-state index contributed by atoms with van der Waals surface area (Å²) in [6.45, 7) is 1.53. The average Bonchev–Trinajstić information content (AvgIpc) is 2.23. The third-order valence-electron chi connectivity index (χ3n) is 2.17. The summed E-state index contributed by atoms with van der Waals surface area (Å²) in [6, 6.07) is 2.78. The molecule has 0 atom stereocenters. The standard InChI is InChI=1S/C10H17N5O2/c1-14(2)7-3-6-12-10-8(15(16)17)4-5-9(11)13-10/h4-5H,3,6-7H2,1-2H3,(H3,11,12,13). The van der Waals surface area contributed by atoms with E-state index in [-0.39, 0.29) is 17.3 Å². The Bertz CT molecular complexity index is 394. The van der Waals surface area contributed by atoms with Gasteiger partial charge in [0.15, 0.2) is 0 Å². The Morgan fingerprint density at radius 3 is 2.82 bits per heavy atom. The van der Waals surface area contributed by atoms with Crippen LogP contribution in [0.2, 0.25) is 0 Å². The summed E-state index contributed by atoms with van der Waals surface area (Å²) in [5.74, 6) is 0.500. The maximum Gasteiger partial charge on any atom is 0.311 e. The van der Waals surface area contributed by atoms with Crippen LogP contribution >= 0.6 is 0 Å². The van der Waals surface area contributed by atoms with Crippen LogP contribution in [0.4, 0.5) is 17.3 Å². The summed E-state index contributed by atoms with van der Waals surface area (Å²) < 4.78 is 0. The van der Waals surface area contributed by atoms with Gasteiger partial charge < -0.3 is 16.0 Å². The minimum absolute atomic E-state index is 0.0518. The van der Waals surface area contributed by atoms with Gasteiger partial charge in [0, 0.05) is 12.6 Å². The topological polar surface area (TPSA) is 97.3 Å². The second-order valence-electron chi connectivity index (χ2n) is 3.94. The van der Waals surface area contributed by atoms with Gasteiger partial charge in [-0.1, -0.05) is 0 Å². The molecule has 1 aromatic heterocycles. The smallest absolute Gasteiger partial charge is 0.311 e. The Balaban J connectivity index is 2.62. The van der Waals surface area contributed by atoms with E-state index in [9.17, 15) is 10.1 Å². The largest absolute Gasteiger partial charge is 0.384 e. The number of nitrogens with one attached hydrogen (secondary N) is 1. The molecule has 0 aliphatic rings. The predicted octanol–water partition coefficient (Wildman–Crippen LogP) is 0.936. The number of nitrogen functional groups attached to an aromatic ring is 1. The van der Waals surface area contributed by atoms with Crippen LogP contribution in [0.1, 0.15) is 6.42 Å². The quantitative estimate of drug-likeness (QED) is 0.435. The fraction of sp³-hybridized carbons (Fsp3) is 0.500. The van der Waals surface area contributed by atoms with Crippen molar-refractivity contribution in [3.63, 3.8) is 0 Å². The first kappa shape index (κ1) is 13.2. The van der Waals surface area contributed by atoms with Crippen LogP contribution in [0.3, 0.4) is 0 Å². The number of nitrogens with two attached hydrogens (primary N) is 1. The number of aromatic nitrogens is 1. The highest BCUT2D eigenvalue weighted by atomic mass is 16.6. The molecule has 0 amide bonds. The van der Waals surface area contributed by atoms with Crippen LogP contribution in [0, 0.1) is 10.1 Å². The van der Waals surface area contributed by atoms with E-state index in [1.807, 2.05) is 19.0 Å². The molecule has 0 saturated carbocycles. The summed E-state index contributed by atoms with van der Waals surface area (Å²) in [5, 5.41) is 13.7. The number of rotatable bonds is 6. The zero-order chi connectivity index (χ0) is 12.8. The van der Waals surface area contributed by atoms with Gasteiger partial charge in [-0.3, -0.25) is 10.1 Å². The molecule has 0 aliphatic carbocycles. The average molecular weight is 239 g/mol. The minimum Gasteiger partial charge on any atom is -0.384 e. The second-order valence-corrected chi connectivity index (χ2v) is 3.94. The van der Waals surface area contributed by atoms with Crippen LogP contribution in [0.25, 0.3) is 0 Å². The summed E-state index contributed by atoms with van der Waals surface area (Å²) >= 11 is 0. The Morgan fingerprint density at radius 1 is 1.53 bits per heavy atom. The Morgan fingerprint density at radius 2 is 2.24 bits per heavy atom. The third kappa shape index (κ3) is 4.23. The molecule has 1 heterocycles. The second kappa shape index (κ2) is 6.00. The number of hydrogen-bond donors (Lipinski definition) is 2. The van der Waals surface area contributed by atoms with E-state index < -0.39 is 4.92 Å². The lowest BCUT2D eigenvalue weighted by molar-refractivity contribution is -0.384. The first-order chi connectivity index (χ1) is 8.00. The lowest BCUT2D eigenvalue weighted by Gasteiger charge is -2.10. The van der Waals surface area contributed by atoms with Crippen molar-refractivity contribution >= 4 is 17.3 Å². The SMILES string of the molecule is CN(C)CCCNc1nc(N)ccc1[N+](=O)[O-]. The molecule has 1 rings (SSSR count). The highest BCUT2D eigenvalue weighted by Crippen LogP contribution is 2.22. The van der Waals surface area contributed by atoms with E-state index in [1.54, 1.807) is 0 Å². The molecule has 0 aliphatic heterocycles. The number of nitro groups is 1. The van der Waals surface area contributed by atoms with E-state index >= 15 is 0 Å². The lowest BCUT2D eigenvalue weighted by atomic mass is 10.3. The van der Waals surface area contributed by atoms with Crippen LogP contribution in [-0.4, -0.2) is 42.0 Å². The van der Waals surface area contributed by atoms with Gasteiger partial charge in [0.25, 0.3) is 0 Å². The van der Waals surface area contributed by atoms with Crippen molar-refractivity contribution in [1.82, 2.24) is 9.88 Å². The van der Waals surface area contributed by atoms with Gasteiger partial charge in [-0.25, -0.2) is 4.98 Å². The van der Waals surface area contributed by atoms with E-state index in [4.69, 9.17) is 5.73 Å². The van der Waals surface area contributed by atoms with Gasteiger partial charge >= 0.3 is 5.69 Å². The lowest BCUT2D eigenvalue weighted by Crippen LogP contribution is -2.17. The highest BCUT2D eigenvalue weighted by Gasteiger charge is 2.14. The zero-order valence-corrected chi connectivity index (χ0v) is 10.0. The van der Waals surface area contributed by atoms with Gasteiger partial charge in [0.1, 0.15) is 5.82 Å². The van der Waals surface area contributed by atoms with Crippen LogP contribution in [0.5, 0.6) is 0 Å². The molecule has 0 saturated heterocycles. The van der Waals surface area contributed by atoms with Crippen molar-refractivity contribution in [2.45, 2.75) is 6.42 Å². The van der Waals surface area contributed by atoms with Gasteiger partial charge in [-0.2, -0.15) is 0 Å². The number of anilines is 2. The number of nitrogens with zero attached hydrogens (tertiary/aromatic N) is 3. The van der Waals surface area contributed by atoms with E-state index in [1.165, 1.54) is 12.1 Å². The van der Waals surface area contributed by atoms with Crippen molar-refractivity contribution in [2.24, 2.45) is 0 Å². The first-order valence-electron chi connectivity index (χ1n) is 5.30. The molecular formula is C10H17N5O2. The predicted molar refractivity (Wildman–Crippen MR) is 67.0 cm³/mol. The minimum atomic E-state index is -0.472. The fourth-order valence-electron chi connectivity index (χ4n) is 1.35. The Hall–Kier alpha value is -1.89. The molecule has 7 nitrogen and oxygen atoms in total. The van der Waals surface area contributed by atoms with Crippen molar-refractivity contribution in [2.75, 3.05) is 38.2 Å².